The van der Waals surface area contributed by atoms with Gasteiger partial charge in [-0.2, -0.15) is 0 Å². The summed E-state index contributed by atoms with van der Waals surface area (Å²) in [7, 11) is 1.62. The van der Waals surface area contributed by atoms with E-state index in [1.54, 1.807) is 19.3 Å². The number of aromatic nitrogens is 1. The Morgan fingerprint density at radius 1 is 1.16 bits per heavy atom. The van der Waals surface area contributed by atoms with E-state index >= 15 is 0 Å². The third-order valence-electron chi connectivity index (χ3n) is 2.85. The maximum absolute atomic E-state index is 12.1. The molecule has 1 N–H and O–H groups in total. The summed E-state index contributed by atoms with van der Waals surface area (Å²) in [6.07, 6.45) is 1.62. The smallest absolute Gasteiger partial charge is 0.263 e. The third-order valence-corrected chi connectivity index (χ3v) is 2.85. The molecule has 4 nitrogen and oxygen atoms in total. The maximum atomic E-state index is 12.1. The fraction of sp³-hybridized carbons (Fsp3) is 0.200. The van der Waals surface area contributed by atoms with Gasteiger partial charge in [-0.05, 0) is 49.2 Å². The molecule has 0 atom stereocenters. The van der Waals surface area contributed by atoms with Gasteiger partial charge in [-0.25, -0.2) is 0 Å². The van der Waals surface area contributed by atoms with Crippen LogP contribution in [0.25, 0.3) is 0 Å². The van der Waals surface area contributed by atoms with Crippen LogP contribution in [-0.2, 0) is 7.05 Å². The van der Waals surface area contributed by atoms with Gasteiger partial charge in [0, 0.05) is 18.9 Å². The van der Waals surface area contributed by atoms with Crippen molar-refractivity contribution in [3.63, 3.8) is 0 Å². The fourth-order valence-corrected chi connectivity index (χ4v) is 2.02. The van der Waals surface area contributed by atoms with E-state index < -0.39 is 0 Å². The van der Waals surface area contributed by atoms with E-state index in [0.717, 1.165) is 11.1 Å². The lowest BCUT2D eigenvalue weighted by Gasteiger charge is -2.08. The number of carbonyl (C=O) groups is 1. The molecule has 0 aliphatic heterocycles. The van der Waals surface area contributed by atoms with E-state index in [4.69, 9.17) is 0 Å². The zero-order valence-electron chi connectivity index (χ0n) is 11.2. The Kier molecular flexibility index (Phi) is 3.51. The van der Waals surface area contributed by atoms with Gasteiger partial charge < -0.3 is 9.88 Å². The molecule has 1 aromatic heterocycles. The normalized spacial score (nSPS) is 10.3. The number of benzene rings is 1. The van der Waals surface area contributed by atoms with Gasteiger partial charge in [0.15, 0.2) is 0 Å². The number of hydrogen-bond donors (Lipinski definition) is 1. The Morgan fingerprint density at radius 3 is 2.42 bits per heavy atom. The van der Waals surface area contributed by atoms with E-state index in [1.807, 2.05) is 32.0 Å². The van der Waals surface area contributed by atoms with Crippen molar-refractivity contribution in [2.75, 3.05) is 5.32 Å². The minimum atomic E-state index is -0.383. The Balaban J connectivity index is 2.31. The predicted molar refractivity (Wildman–Crippen MR) is 75.6 cm³/mol. The first-order valence-corrected chi connectivity index (χ1v) is 6.02. The number of nitrogens with zero attached hydrogens (tertiary/aromatic N) is 1. The summed E-state index contributed by atoms with van der Waals surface area (Å²) in [4.78, 5) is 23.9. The molecule has 1 heterocycles. The highest BCUT2D eigenvalue weighted by Crippen LogP contribution is 2.14. The lowest BCUT2D eigenvalue weighted by Crippen LogP contribution is -2.27. The summed E-state index contributed by atoms with van der Waals surface area (Å²) < 4.78 is 1.39. The van der Waals surface area contributed by atoms with Crippen molar-refractivity contribution in [3.8, 4) is 0 Å². The standard InChI is InChI=1S/C15H16N2O2/c1-10-7-11(2)9-12(8-10)16-14(18)13-5-4-6-17(3)15(13)19/h4-9H,1-3H3,(H,16,18). The molecule has 0 saturated heterocycles. The van der Waals surface area contributed by atoms with Crippen LogP contribution in [0.5, 0.6) is 0 Å². The van der Waals surface area contributed by atoms with Crippen LogP contribution in [0.15, 0.2) is 41.3 Å². The zero-order chi connectivity index (χ0) is 14.0. The second kappa shape index (κ2) is 5.10. The summed E-state index contributed by atoms with van der Waals surface area (Å²) >= 11 is 0. The first-order valence-electron chi connectivity index (χ1n) is 6.02. The maximum Gasteiger partial charge on any atom is 0.263 e. The molecule has 0 bridgehead atoms. The molecule has 2 aromatic rings. The van der Waals surface area contributed by atoms with Crippen molar-refractivity contribution in [1.29, 1.82) is 0 Å². The molecule has 0 fully saturated rings. The van der Waals surface area contributed by atoms with E-state index in [9.17, 15) is 9.59 Å². The molecule has 19 heavy (non-hydrogen) atoms. The zero-order valence-corrected chi connectivity index (χ0v) is 11.2. The molecule has 0 saturated carbocycles. The molecular formula is C15H16N2O2. The van der Waals surface area contributed by atoms with Crippen LogP contribution in [0.2, 0.25) is 0 Å². The van der Waals surface area contributed by atoms with Gasteiger partial charge in [-0.15, -0.1) is 0 Å². The largest absolute Gasteiger partial charge is 0.322 e. The summed E-state index contributed by atoms with van der Waals surface area (Å²) in [5.41, 5.74) is 2.68. The van der Waals surface area contributed by atoms with Crippen LogP contribution < -0.4 is 10.9 Å². The third kappa shape index (κ3) is 2.91. The highest BCUT2D eigenvalue weighted by atomic mass is 16.2. The average molecular weight is 256 g/mol. The Hall–Kier alpha value is -2.36. The number of nitrogens with one attached hydrogen (secondary N) is 1. The van der Waals surface area contributed by atoms with Gasteiger partial charge in [0.1, 0.15) is 5.56 Å². The van der Waals surface area contributed by atoms with Gasteiger partial charge in [-0.3, -0.25) is 9.59 Å². The SMILES string of the molecule is Cc1cc(C)cc(NC(=O)c2cccn(C)c2=O)c1. The topological polar surface area (TPSA) is 51.1 Å². The number of aryl methyl sites for hydroxylation is 3. The van der Waals surface area contributed by atoms with Crippen LogP contribution in [0.4, 0.5) is 5.69 Å². The number of anilines is 1. The second-order valence-corrected chi connectivity index (χ2v) is 4.67. The summed E-state index contributed by atoms with van der Waals surface area (Å²) in [6.45, 7) is 3.93. The minimum absolute atomic E-state index is 0.143. The van der Waals surface area contributed by atoms with Crippen molar-refractivity contribution in [2.45, 2.75) is 13.8 Å². The molecule has 0 aliphatic carbocycles. The lowest BCUT2D eigenvalue weighted by molar-refractivity contribution is 0.102. The van der Waals surface area contributed by atoms with Crippen LogP contribution in [0.3, 0.4) is 0 Å². The fourth-order valence-electron chi connectivity index (χ4n) is 2.02. The molecule has 1 amide bonds. The van der Waals surface area contributed by atoms with Gasteiger partial charge in [0.05, 0.1) is 0 Å². The lowest BCUT2D eigenvalue weighted by atomic mass is 10.1. The first kappa shape index (κ1) is 13.1. The van der Waals surface area contributed by atoms with Crippen LogP contribution >= 0.6 is 0 Å². The van der Waals surface area contributed by atoms with Gasteiger partial charge in [0.2, 0.25) is 0 Å². The highest BCUT2D eigenvalue weighted by molar-refractivity contribution is 6.04. The number of pyridine rings is 1. The Bertz CT molecular complexity index is 667. The van der Waals surface area contributed by atoms with E-state index in [2.05, 4.69) is 5.32 Å². The number of rotatable bonds is 2. The number of amides is 1. The summed E-state index contributed by atoms with van der Waals surface area (Å²) in [6, 6.07) is 8.98. The van der Waals surface area contributed by atoms with E-state index in [1.165, 1.54) is 10.6 Å². The first-order chi connectivity index (χ1) is 8.97. The monoisotopic (exact) mass is 256 g/mol. The van der Waals surface area contributed by atoms with Crippen molar-refractivity contribution in [1.82, 2.24) is 4.57 Å². The Labute approximate surface area is 111 Å². The quantitative estimate of drug-likeness (QED) is 0.896. The molecule has 0 radical (unpaired) electrons. The number of carbonyl (C=O) groups excluding carboxylic acids is 1. The molecule has 4 heteroatoms. The van der Waals surface area contributed by atoms with Gasteiger partial charge in [0.25, 0.3) is 11.5 Å². The molecule has 0 unspecified atom stereocenters. The van der Waals surface area contributed by atoms with Crippen molar-refractivity contribution >= 4 is 11.6 Å². The van der Waals surface area contributed by atoms with E-state index in [-0.39, 0.29) is 17.0 Å². The molecule has 0 spiro atoms. The Morgan fingerprint density at radius 2 is 1.79 bits per heavy atom. The number of hydrogen-bond acceptors (Lipinski definition) is 2. The van der Waals surface area contributed by atoms with Crippen LogP contribution in [-0.4, -0.2) is 10.5 Å². The van der Waals surface area contributed by atoms with Crippen molar-refractivity contribution in [3.05, 3.63) is 63.6 Å². The molecule has 2 rings (SSSR count). The van der Waals surface area contributed by atoms with Crippen LogP contribution in [0, 0.1) is 13.8 Å². The average Bonchev–Trinajstić information content (AvgIpc) is 2.31. The minimum Gasteiger partial charge on any atom is -0.322 e. The summed E-state index contributed by atoms with van der Waals surface area (Å²) in [5.74, 6) is -0.383. The molecular weight excluding hydrogens is 240 g/mol. The molecule has 0 aliphatic rings. The molecule has 98 valence electrons. The predicted octanol–water partition coefficient (Wildman–Crippen LogP) is 2.25. The second-order valence-electron chi connectivity index (χ2n) is 4.67. The van der Waals surface area contributed by atoms with E-state index in [0.29, 0.717) is 5.69 Å². The van der Waals surface area contributed by atoms with Crippen molar-refractivity contribution in [2.24, 2.45) is 7.05 Å². The highest BCUT2D eigenvalue weighted by Gasteiger charge is 2.11. The van der Waals surface area contributed by atoms with Crippen LogP contribution in [0.1, 0.15) is 21.5 Å². The van der Waals surface area contributed by atoms with Crippen molar-refractivity contribution < 1.29 is 4.79 Å². The van der Waals surface area contributed by atoms with Gasteiger partial charge >= 0.3 is 0 Å². The molecule has 1 aromatic carbocycles. The summed E-state index contributed by atoms with van der Waals surface area (Å²) in [5, 5.41) is 2.76. The van der Waals surface area contributed by atoms with Gasteiger partial charge in [-0.1, -0.05) is 6.07 Å².